The molecule has 25 heavy (non-hydrogen) atoms. The second-order valence-corrected chi connectivity index (χ2v) is 6.85. The van der Waals surface area contributed by atoms with E-state index < -0.39 is 0 Å². The first-order valence-electron chi connectivity index (χ1n) is 8.72. The lowest BCUT2D eigenvalue weighted by Gasteiger charge is -2.29. The van der Waals surface area contributed by atoms with Gasteiger partial charge in [-0.15, -0.1) is 0 Å². The second kappa shape index (κ2) is 7.81. The first-order chi connectivity index (χ1) is 11.9. The van der Waals surface area contributed by atoms with Crippen molar-refractivity contribution in [2.45, 2.75) is 40.5 Å². The minimum atomic E-state index is 0.193. The van der Waals surface area contributed by atoms with Crippen LogP contribution in [0.5, 0.6) is 17.2 Å². The largest absolute Gasteiger partial charge is 0.497 e. The first-order valence-corrected chi connectivity index (χ1v) is 8.72. The zero-order valence-electron chi connectivity index (χ0n) is 16.7. The number of rotatable bonds is 6. The summed E-state index contributed by atoms with van der Waals surface area (Å²) < 4.78 is 17.0. The van der Waals surface area contributed by atoms with Gasteiger partial charge in [0.25, 0.3) is 0 Å². The summed E-state index contributed by atoms with van der Waals surface area (Å²) in [5.41, 5.74) is 5.83. The lowest BCUT2D eigenvalue weighted by Crippen LogP contribution is -2.14. The monoisotopic (exact) mass is 342 g/mol. The van der Waals surface area contributed by atoms with Crippen LogP contribution in [0.25, 0.3) is 0 Å². The number of hydrogen-bond acceptors (Lipinski definition) is 3. The number of ether oxygens (including phenoxy) is 3. The van der Waals surface area contributed by atoms with Gasteiger partial charge in [-0.1, -0.05) is 26.0 Å². The molecule has 2 rings (SSSR count). The van der Waals surface area contributed by atoms with Crippen molar-refractivity contribution in [3.63, 3.8) is 0 Å². The quantitative estimate of drug-likeness (QED) is 0.701. The number of hydrogen-bond donors (Lipinski definition) is 0. The second-order valence-electron chi connectivity index (χ2n) is 6.85. The molecule has 0 saturated heterocycles. The molecule has 0 radical (unpaired) electrons. The maximum Gasteiger partial charge on any atom is 0.126 e. The standard InChI is InChI=1S/C22H30O3/c1-13(2)19(17-10-9-11-18(12-17)23-6)20-16(5)21(24-7)14(3)15(4)22(20)25-8/h9-13,19H,1-8H3. The summed E-state index contributed by atoms with van der Waals surface area (Å²) >= 11 is 0. The molecule has 1 atom stereocenters. The van der Waals surface area contributed by atoms with Gasteiger partial charge in [0.05, 0.1) is 21.3 Å². The Morgan fingerprint density at radius 2 is 1.36 bits per heavy atom. The van der Waals surface area contributed by atoms with E-state index in [-0.39, 0.29) is 5.92 Å². The van der Waals surface area contributed by atoms with E-state index >= 15 is 0 Å². The highest BCUT2D eigenvalue weighted by Crippen LogP contribution is 2.46. The van der Waals surface area contributed by atoms with Gasteiger partial charge < -0.3 is 14.2 Å². The van der Waals surface area contributed by atoms with Gasteiger partial charge in [0.15, 0.2) is 0 Å². The molecular weight excluding hydrogens is 312 g/mol. The Morgan fingerprint density at radius 3 is 1.88 bits per heavy atom. The molecule has 0 bridgehead atoms. The maximum absolute atomic E-state index is 5.86. The van der Waals surface area contributed by atoms with Crippen molar-refractivity contribution in [2.24, 2.45) is 5.92 Å². The fourth-order valence-electron chi connectivity index (χ4n) is 3.78. The lowest BCUT2D eigenvalue weighted by molar-refractivity contribution is 0.383. The molecule has 0 heterocycles. The fraction of sp³-hybridized carbons (Fsp3) is 0.455. The van der Waals surface area contributed by atoms with Crippen LogP contribution >= 0.6 is 0 Å². The van der Waals surface area contributed by atoms with Crippen LogP contribution in [-0.2, 0) is 0 Å². The van der Waals surface area contributed by atoms with Crippen molar-refractivity contribution < 1.29 is 14.2 Å². The summed E-state index contributed by atoms with van der Waals surface area (Å²) in [6.07, 6.45) is 0. The Bertz CT molecular complexity index is 747. The molecule has 0 aliphatic carbocycles. The molecule has 2 aromatic carbocycles. The van der Waals surface area contributed by atoms with Gasteiger partial charge in [0.2, 0.25) is 0 Å². The molecule has 0 spiro atoms. The van der Waals surface area contributed by atoms with Crippen LogP contribution in [0.2, 0.25) is 0 Å². The molecule has 3 heteroatoms. The molecule has 2 aromatic rings. The molecular formula is C22H30O3. The average molecular weight is 342 g/mol. The molecule has 0 saturated carbocycles. The normalized spacial score (nSPS) is 12.2. The predicted molar refractivity (Wildman–Crippen MR) is 103 cm³/mol. The van der Waals surface area contributed by atoms with Crippen LogP contribution in [0.4, 0.5) is 0 Å². The highest BCUT2D eigenvalue weighted by Gasteiger charge is 2.28. The number of methoxy groups -OCH3 is 3. The van der Waals surface area contributed by atoms with E-state index in [4.69, 9.17) is 14.2 Å². The lowest BCUT2D eigenvalue weighted by atomic mass is 9.78. The highest BCUT2D eigenvalue weighted by molar-refractivity contribution is 5.61. The van der Waals surface area contributed by atoms with E-state index in [1.165, 1.54) is 11.1 Å². The fourth-order valence-corrected chi connectivity index (χ4v) is 3.78. The third-order valence-corrected chi connectivity index (χ3v) is 5.07. The van der Waals surface area contributed by atoms with Crippen LogP contribution < -0.4 is 14.2 Å². The Hall–Kier alpha value is -2.16. The molecule has 136 valence electrons. The summed E-state index contributed by atoms with van der Waals surface area (Å²) in [7, 11) is 5.19. The van der Waals surface area contributed by atoms with E-state index in [1.807, 2.05) is 12.1 Å². The summed E-state index contributed by atoms with van der Waals surface area (Å²) in [5.74, 6) is 3.36. The van der Waals surface area contributed by atoms with E-state index in [0.717, 1.165) is 33.9 Å². The van der Waals surface area contributed by atoms with Crippen molar-refractivity contribution >= 4 is 0 Å². The Labute approximate surface area is 151 Å². The van der Waals surface area contributed by atoms with Gasteiger partial charge in [-0.05, 0) is 61.1 Å². The van der Waals surface area contributed by atoms with Gasteiger partial charge in [-0.3, -0.25) is 0 Å². The summed E-state index contributed by atoms with van der Waals surface area (Å²) in [6, 6.07) is 8.30. The highest BCUT2D eigenvalue weighted by atomic mass is 16.5. The zero-order chi connectivity index (χ0) is 18.7. The number of benzene rings is 2. The van der Waals surface area contributed by atoms with Gasteiger partial charge in [-0.25, -0.2) is 0 Å². The Kier molecular flexibility index (Phi) is 5.99. The SMILES string of the molecule is COc1cccc(C(c2c(C)c(OC)c(C)c(C)c2OC)C(C)C)c1. The maximum atomic E-state index is 5.86. The van der Waals surface area contributed by atoms with Crippen LogP contribution in [0, 0.1) is 26.7 Å². The van der Waals surface area contributed by atoms with Crippen molar-refractivity contribution in [1.82, 2.24) is 0 Å². The predicted octanol–water partition coefficient (Wildman–Crippen LogP) is 5.43. The van der Waals surface area contributed by atoms with E-state index in [1.54, 1.807) is 21.3 Å². The zero-order valence-corrected chi connectivity index (χ0v) is 16.7. The molecule has 0 fully saturated rings. The minimum Gasteiger partial charge on any atom is -0.497 e. The molecule has 0 aliphatic heterocycles. The van der Waals surface area contributed by atoms with Gasteiger partial charge in [0.1, 0.15) is 17.2 Å². The van der Waals surface area contributed by atoms with E-state index in [9.17, 15) is 0 Å². The van der Waals surface area contributed by atoms with Crippen molar-refractivity contribution in [1.29, 1.82) is 0 Å². The topological polar surface area (TPSA) is 27.7 Å². The van der Waals surface area contributed by atoms with Crippen LogP contribution in [0.1, 0.15) is 47.6 Å². The summed E-state index contributed by atoms with van der Waals surface area (Å²) in [4.78, 5) is 0. The van der Waals surface area contributed by atoms with Crippen molar-refractivity contribution in [3.8, 4) is 17.2 Å². The smallest absolute Gasteiger partial charge is 0.126 e. The molecule has 0 aliphatic rings. The third kappa shape index (κ3) is 3.46. The van der Waals surface area contributed by atoms with Gasteiger partial charge in [-0.2, -0.15) is 0 Å². The van der Waals surface area contributed by atoms with Crippen LogP contribution in [0.15, 0.2) is 24.3 Å². The summed E-state index contributed by atoms with van der Waals surface area (Å²) in [5, 5.41) is 0. The average Bonchev–Trinajstić information content (AvgIpc) is 2.60. The minimum absolute atomic E-state index is 0.193. The molecule has 3 nitrogen and oxygen atoms in total. The summed E-state index contributed by atoms with van der Waals surface area (Å²) in [6.45, 7) is 10.8. The Balaban J connectivity index is 2.80. The third-order valence-electron chi connectivity index (χ3n) is 5.07. The van der Waals surface area contributed by atoms with Gasteiger partial charge in [0, 0.05) is 11.5 Å². The molecule has 1 unspecified atom stereocenters. The van der Waals surface area contributed by atoms with Gasteiger partial charge >= 0.3 is 0 Å². The molecule has 0 amide bonds. The molecule has 0 N–H and O–H groups in total. The van der Waals surface area contributed by atoms with Crippen molar-refractivity contribution in [2.75, 3.05) is 21.3 Å². The van der Waals surface area contributed by atoms with Crippen molar-refractivity contribution in [3.05, 3.63) is 52.1 Å². The van der Waals surface area contributed by atoms with Crippen LogP contribution in [0.3, 0.4) is 0 Å². The van der Waals surface area contributed by atoms with E-state index in [2.05, 4.69) is 46.8 Å². The Morgan fingerprint density at radius 1 is 0.760 bits per heavy atom. The first kappa shape index (κ1) is 19.2. The van der Waals surface area contributed by atoms with E-state index in [0.29, 0.717) is 5.92 Å². The molecule has 0 aromatic heterocycles. The van der Waals surface area contributed by atoms with Crippen LogP contribution in [-0.4, -0.2) is 21.3 Å².